The Labute approximate surface area is 106 Å². The van der Waals surface area contributed by atoms with E-state index in [2.05, 4.69) is 25.2 Å². The Morgan fingerprint density at radius 2 is 1.33 bits per heavy atom. The molecular formula is C10H15O4Ta-. The zero-order chi connectivity index (χ0) is 12.4. The zero-order valence-electron chi connectivity index (χ0n) is 8.77. The molecule has 0 aromatic heterocycles. The van der Waals surface area contributed by atoms with E-state index in [1.165, 1.54) is 5.57 Å². The molecule has 4 nitrogen and oxygen atoms in total. The van der Waals surface area contributed by atoms with Crippen molar-refractivity contribution in [3.05, 3.63) is 23.8 Å². The van der Waals surface area contributed by atoms with Crippen LogP contribution in [0.1, 0.15) is 13.3 Å². The van der Waals surface area contributed by atoms with Crippen LogP contribution in [0.2, 0.25) is 0 Å². The third-order valence-electron chi connectivity index (χ3n) is 0.867. The van der Waals surface area contributed by atoms with Crippen molar-refractivity contribution in [1.82, 2.24) is 0 Å². The molecule has 0 aliphatic heterocycles. The second kappa shape index (κ2) is 52.5. The van der Waals surface area contributed by atoms with E-state index in [9.17, 15) is 0 Å². The van der Waals surface area contributed by atoms with Crippen LogP contribution in [0.4, 0.5) is 0 Å². The summed E-state index contributed by atoms with van der Waals surface area (Å²) in [4.78, 5) is 32.0. The van der Waals surface area contributed by atoms with Gasteiger partial charge < -0.3 is 19.2 Å². The molecule has 0 saturated heterocycles. The smallest absolute Gasteiger partial charge is 0.106 e. The van der Waals surface area contributed by atoms with Gasteiger partial charge in [-0.3, -0.25) is 6.08 Å². The van der Waals surface area contributed by atoms with Crippen molar-refractivity contribution in [1.29, 1.82) is 0 Å². The summed E-state index contributed by atoms with van der Waals surface area (Å²) in [6.07, 6.45) is 8.33. The summed E-state index contributed by atoms with van der Waals surface area (Å²) < 4.78 is 0. The molecule has 0 fully saturated rings. The molecule has 5 heteroatoms. The Kier molecular flexibility index (Phi) is 102. The summed E-state index contributed by atoms with van der Waals surface area (Å²) >= 11 is 0. The number of hydrogen-bond donors (Lipinski definition) is 0. The Hall–Kier alpha value is -1.10. The molecule has 0 saturated carbocycles. The molecule has 0 aromatic carbocycles. The second-order valence-electron chi connectivity index (χ2n) is 1.47. The number of allylic oxidation sites excluding steroid dienone is 4. The van der Waals surface area contributed by atoms with E-state index >= 15 is 0 Å². The molecule has 0 N–H and O–H groups in total. The van der Waals surface area contributed by atoms with Gasteiger partial charge >= 0.3 is 0 Å². The van der Waals surface area contributed by atoms with Crippen LogP contribution in [0.25, 0.3) is 0 Å². The minimum Gasteiger partial charge on any atom is -0.307 e. The zero-order valence-corrected chi connectivity index (χ0v) is 12.0. The van der Waals surface area contributed by atoms with Crippen LogP contribution in [0.15, 0.2) is 17.7 Å². The van der Waals surface area contributed by atoms with E-state index in [0.717, 1.165) is 6.42 Å². The molecule has 1 aliphatic carbocycles. The molecule has 1 rings (SSSR count). The Morgan fingerprint density at radius 1 is 1.00 bits per heavy atom. The predicted molar refractivity (Wildman–Crippen MR) is 54.7 cm³/mol. The Morgan fingerprint density at radius 3 is 1.40 bits per heavy atom. The van der Waals surface area contributed by atoms with Crippen LogP contribution in [0, 0.1) is 6.08 Å². The second-order valence-corrected chi connectivity index (χ2v) is 1.47. The third-order valence-corrected chi connectivity index (χ3v) is 0.867. The minimum absolute atomic E-state index is 0. The third kappa shape index (κ3) is 44.0. The van der Waals surface area contributed by atoms with Gasteiger partial charge in [0.1, 0.15) is 27.2 Å². The van der Waals surface area contributed by atoms with E-state index < -0.39 is 0 Å². The first-order valence-corrected chi connectivity index (χ1v) is 3.29. The van der Waals surface area contributed by atoms with Crippen molar-refractivity contribution >= 4 is 27.2 Å². The van der Waals surface area contributed by atoms with Gasteiger partial charge in [0.05, 0.1) is 0 Å². The summed E-state index contributed by atoms with van der Waals surface area (Å²) in [6, 6.07) is 0. The average Bonchev–Trinajstić information content (AvgIpc) is 2.80. The summed E-state index contributed by atoms with van der Waals surface area (Å²) in [5.41, 5.74) is 1.27. The Bertz CT molecular complexity index is 147. The van der Waals surface area contributed by atoms with Crippen molar-refractivity contribution in [2.45, 2.75) is 13.3 Å². The first-order chi connectivity index (χ1) is 6.89. The monoisotopic (exact) mass is 380 g/mol. The molecule has 1 radical (unpaired) electrons. The first-order valence-electron chi connectivity index (χ1n) is 3.29. The maximum Gasteiger partial charge on any atom is 0.106 e. The summed E-state index contributed by atoms with van der Waals surface area (Å²) in [5.74, 6) is 0. The Balaban J connectivity index is -0.0000000325. The van der Waals surface area contributed by atoms with E-state index in [0.29, 0.717) is 0 Å². The van der Waals surface area contributed by atoms with E-state index in [4.69, 9.17) is 19.2 Å². The molecule has 0 spiro atoms. The van der Waals surface area contributed by atoms with Crippen LogP contribution in [-0.2, 0) is 41.6 Å². The van der Waals surface area contributed by atoms with Crippen LogP contribution < -0.4 is 0 Å². The first kappa shape index (κ1) is 29.2. The van der Waals surface area contributed by atoms with Gasteiger partial charge in [-0.1, -0.05) is 6.92 Å². The van der Waals surface area contributed by atoms with Crippen LogP contribution in [0.3, 0.4) is 0 Å². The van der Waals surface area contributed by atoms with E-state index in [1.807, 2.05) is 27.2 Å². The van der Waals surface area contributed by atoms with Crippen molar-refractivity contribution in [2.24, 2.45) is 0 Å². The molecule has 0 unspecified atom stereocenters. The summed E-state index contributed by atoms with van der Waals surface area (Å²) in [5, 5.41) is 0. The number of carbonyl (C=O) groups is 4. The fraction of sp³-hybridized carbons (Fsp3) is 0.200. The fourth-order valence-corrected chi connectivity index (χ4v) is 0.515. The predicted octanol–water partition coefficient (Wildman–Crippen LogP) is 0.954. The minimum atomic E-state index is 0. The van der Waals surface area contributed by atoms with Crippen LogP contribution >= 0.6 is 0 Å². The molecular weight excluding hydrogens is 365 g/mol. The van der Waals surface area contributed by atoms with Gasteiger partial charge in [0.15, 0.2) is 0 Å². The maximum atomic E-state index is 8.00. The molecule has 1 aliphatic rings. The number of hydrogen-bond acceptors (Lipinski definition) is 4. The normalized spacial score (nSPS) is 8.47. The summed E-state index contributed by atoms with van der Waals surface area (Å²) in [7, 11) is 0. The van der Waals surface area contributed by atoms with Crippen molar-refractivity contribution in [3.63, 3.8) is 0 Å². The van der Waals surface area contributed by atoms with Crippen molar-refractivity contribution < 1.29 is 41.6 Å². The standard InChI is InChI=1S/C6H7.4CH2O.Ta/c1-6-4-2-3-5-6;4*1-2;/h2,4H,3H2,1H3;4*1H2;/q-1;;;;;. The average molecular weight is 380 g/mol. The number of rotatable bonds is 0. The van der Waals surface area contributed by atoms with Crippen LogP contribution in [-0.4, -0.2) is 27.2 Å². The molecule has 0 atom stereocenters. The largest absolute Gasteiger partial charge is 0.307 e. The van der Waals surface area contributed by atoms with Gasteiger partial charge in [-0.2, -0.15) is 6.08 Å². The molecule has 85 valence electrons. The molecule has 0 amide bonds. The maximum absolute atomic E-state index is 8.00. The van der Waals surface area contributed by atoms with E-state index in [1.54, 1.807) is 0 Å². The van der Waals surface area contributed by atoms with E-state index in [-0.39, 0.29) is 22.4 Å². The molecule has 0 heterocycles. The molecule has 0 aromatic rings. The van der Waals surface area contributed by atoms with Crippen molar-refractivity contribution in [3.8, 4) is 0 Å². The summed E-state index contributed by atoms with van der Waals surface area (Å²) in [6.45, 7) is 10.1. The number of carbonyl (C=O) groups excluding carboxylic acids is 4. The van der Waals surface area contributed by atoms with Crippen molar-refractivity contribution in [2.75, 3.05) is 0 Å². The van der Waals surface area contributed by atoms with Gasteiger partial charge in [0.2, 0.25) is 0 Å². The van der Waals surface area contributed by atoms with Gasteiger partial charge in [0.25, 0.3) is 0 Å². The van der Waals surface area contributed by atoms with Gasteiger partial charge in [-0.15, -0.1) is 6.42 Å². The molecule has 0 bridgehead atoms. The van der Waals surface area contributed by atoms with Gasteiger partial charge in [-0.05, 0) is 0 Å². The van der Waals surface area contributed by atoms with Crippen LogP contribution in [0.5, 0.6) is 0 Å². The SMILES string of the molecule is C=O.C=O.C=O.C=O.CC1=[C-]CC=C1.[Ta]. The van der Waals surface area contributed by atoms with Gasteiger partial charge in [-0.25, -0.2) is 11.6 Å². The van der Waals surface area contributed by atoms with Gasteiger partial charge in [0, 0.05) is 22.4 Å². The fourth-order valence-electron chi connectivity index (χ4n) is 0.515. The molecule has 15 heavy (non-hydrogen) atoms. The quantitative estimate of drug-likeness (QED) is 0.587. The topological polar surface area (TPSA) is 68.3 Å².